The van der Waals surface area contributed by atoms with E-state index in [2.05, 4.69) is 57.3 Å². The van der Waals surface area contributed by atoms with Gasteiger partial charge in [0.2, 0.25) is 0 Å². The van der Waals surface area contributed by atoms with Crippen LogP contribution in [-0.4, -0.2) is 73.8 Å². The number of pyridine rings is 1. The third-order valence-electron chi connectivity index (χ3n) is 11.3. The Hall–Kier alpha value is -2.93. The molecule has 5 aliphatic rings. The largest absolute Gasteiger partial charge is 0.506 e. The molecule has 6 heterocycles. The van der Waals surface area contributed by atoms with Gasteiger partial charge in [0.1, 0.15) is 5.75 Å². The SMILES string of the molecule is Oc1cccc2c1[nH]c1c(C3=C[C@@]4(O)CC/C=C\CCCCN5CC[C@@H]3[C@]3(C[C@@H]6/C=C\CCCCN6[C@H]34)C5)nccc12. The Kier molecular flexibility index (Phi) is 6.58. The summed E-state index contributed by atoms with van der Waals surface area (Å²) in [5, 5.41) is 25.9. The van der Waals surface area contributed by atoms with Crippen LogP contribution < -0.4 is 0 Å². The first-order valence-electron chi connectivity index (χ1n) is 16.4. The van der Waals surface area contributed by atoms with Gasteiger partial charge in [-0.1, -0.05) is 36.4 Å². The molecule has 2 aromatic heterocycles. The molecular formula is C36H44N4O2. The Morgan fingerprint density at radius 3 is 2.67 bits per heavy atom. The zero-order valence-electron chi connectivity index (χ0n) is 24.6. The van der Waals surface area contributed by atoms with Crippen LogP contribution in [0.5, 0.6) is 5.75 Å². The van der Waals surface area contributed by atoms with Gasteiger partial charge in [-0.25, -0.2) is 0 Å². The summed E-state index contributed by atoms with van der Waals surface area (Å²) in [6.07, 6.45) is 24.7. The molecule has 2 saturated heterocycles. The first kappa shape index (κ1) is 26.7. The number of aromatic nitrogens is 2. The Bertz CT molecular complexity index is 1590. The quantitative estimate of drug-likeness (QED) is 0.292. The van der Waals surface area contributed by atoms with Crippen molar-refractivity contribution in [2.45, 2.75) is 81.9 Å². The highest BCUT2D eigenvalue weighted by Crippen LogP contribution is 2.61. The topological polar surface area (TPSA) is 75.6 Å². The van der Waals surface area contributed by atoms with Crippen LogP contribution in [0.4, 0.5) is 0 Å². The van der Waals surface area contributed by atoms with Gasteiger partial charge in [0.15, 0.2) is 0 Å². The number of H-pyrrole nitrogens is 1. The van der Waals surface area contributed by atoms with Crippen LogP contribution in [0.2, 0.25) is 0 Å². The van der Waals surface area contributed by atoms with Crippen molar-refractivity contribution < 1.29 is 10.2 Å². The zero-order chi connectivity index (χ0) is 28.3. The van der Waals surface area contributed by atoms with E-state index in [1.165, 1.54) is 31.3 Å². The highest BCUT2D eigenvalue weighted by molar-refractivity contribution is 6.11. The number of benzene rings is 1. The summed E-state index contributed by atoms with van der Waals surface area (Å²) < 4.78 is 0. The van der Waals surface area contributed by atoms with E-state index in [0.29, 0.717) is 12.0 Å². The summed E-state index contributed by atoms with van der Waals surface area (Å²) >= 11 is 0. The second kappa shape index (κ2) is 10.4. The summed E-state index contributed by atoms with van der Waals surface area (Å²) in [6.45, 7) is 4.33. The van der Waals surface area contributed by atoms with Crippen molar-refractivity contribution in [1.82, 2.24) is 19.8 Å². The van der Waals surface area contributed by atoms with Gasteiger partial charge < -0.3 is 20.1 Å². The van der Waals surface area contributed by atoms with E-state index in [1.807, 2.05) is 12.3 Å². The molecule has 6 nitrogen and oxygen atoms in total. The lowest BCUT2D eigenvalue weighted by atomic mass is 9.54. The smallest absolute Gasteiger partial charge is 0.139 e. The number of rotatable bonds is 1. The lowest BCUT2D eigenvalue weighted by molar-refractivity contribution is -0.0894. The number of para-hydroxylation sites is 1. The Balaban J connectivity index is 1.35. The lowest BCUT2D eigenvalue weighted by Gasteiger charge is -2.58. The normalized spacial score (nSPS) is 37.0. The van der Waals surface area contributed by atoms with E-state index in [0.717, 1.165) is 92.2 Å². The van der Waals surface area contributed by atoms with Gasteiger partial charge >= 0.3 is 0 Å². The van der Waals surface area contributed by atoms with Crippen LogP contribution in [0.1, 0.15) is 69.9 Å². The van der Waals surface area contributed by atoms with Crippen molar-refractivity contribution in [2.75, 3.05) is 26.2 Å². The Morgan fingerprint density at radius 2 is 1.74 bits per heavy atom. The molecule has 6 heteroatoms. The molecule has 3 bridgehead atoms. The molecule has 3 N–H and O–H groups in total. The first-order chi connectivity index (χ1) is 20.6. The minimum atomic E-state index is -0.951. The van der Waals surface area contributed by atoms with Gasteiger partial charge in [0.05, 0.1) is 28.4 Å². The summed E-state index contributed by atoms with van der Waals surface area (Å²) in [4.78, 5) is 14.1. The van der Waals surface area contributed by atoms with Gasteiger partial charge in [-0.15, -0.1) is 0 Å². The number of aromatic amines is 1. The molecule has 42 heavy (non-hydrogen) atoms. The molecule has 1 spiro atoms. The van der Waals surface area contributed by atoms with Gasteiger partial charge in [-0.05, 0) is 114 Å². The third-order valence-corrected chi connectivity index (χ3v) is 11.3. The van der Waals surface area contributed by atoms with Crippen molar-refractivity contribution in [3.05, 3.63) is 66.5 Å². The number of aromatic hydroxyl groups is 1. The summed E-state index contributed by atoms with van der Waals surface area (Å²) in [7, 11) is 0. The van der Waals surface area contributed by atoms with Crippen LogP contribution >= 0.6 is 0 Å². The molecule has 1 aliphatic carbocycles. The van der Waals surface area contributed by atoms with E-state index in [9.17, 15) is 10.2 Å². The minimum absolute atomic E-state index is 0.0494. The maximum absolute atomic E-state index is 13.1. The number of nitrogens with zero attached hydrogens (tertiary/aromatic N) is 3. The van der Waals surface area contributed by atoms with Crippen LogP contribution in [0.15, 0.2) is 60.8 Å². The van der Waals surface area contributed by atoms with Gasteiger partial charge in [0, 0.05) is 35.0 Å². The van der Waals surface area contributed by atoms with Crippen LogP contribution in [0, 0.1) is 11.3 Å². The van der Waals surface area contributed by atoms with Crippen molar-refractivity contribution in [3.8, 4) is 5.75 Å². The molecule has 220 valence electrons. The molecule has 0 amide bonds. The fourth-order valence-corrected chi connectivity index (χ4v) is 9.64. The summed E-state index contributed by atoms with van der Waals surface area (Å²) in [5.41, 5.74) is 2.89. The van der Waals surface area contributed by atoms with Crippen LogP contribution in [0.25, 0.3) is 27.4 Å². The molecule has 8 rings (SSSR count). The Labute approximate surface area is 248 Å². The highest BCUT2D eigenvalue weighted by atomic mass is 16.3. The number of hydrogen-bond acceptors (Lipinski definition) is 5. The number of allylic oxidation sites excluding steroid dienone is 4. The molecule has 1 aromatic carbocycles. The fourth-order valence-electron chi connectivity index (χ4n) is 9.64. The number of hydrogen-bond donors (Lipinski definition) is 3. The number of nitrogens with one attached hydrogen (secondary N) is 1. The minimum Gasteiger partial charge on any atom is -0.506 e. The van der Waals surface area contributed by atoms with E-state index in [4.69, 9.17) is 4.98 Å². The molecule has 1 unspecified atom stereocenters. The van der Waals surface area contributed by atoms with Crippen LogP contribution in [0.3, 0.4) is 0 Å². The van der Waals surface area contributed by atoms with Gasteiger partial charge in [0.25, 0.3) is 0 Å². The summed E-state index contributed by atoms with van der Waals surface area (Å²) in [6, 6.07) is 8.24. The molecule has 2 fully saturated rings. The number of piperidine rings is 1. The zero-order valence-corrected chi connectivity index (χ0v) is 24.6. The number of phenols is 1. The van der Waals surface area contributed by atoms with Crippen molar-refractivity contribution >= 4 is 27.4 Å². The second-order valence-corrected chi connectivity index (χ2v) is 13.7. The fraction of sp³-hybridized carbons (Fsp3) is 0.528. The number of aliphatic hydroxyl groups is 1. The molecule has 6 atom stereocenters. The predicted molar refractivity (Wildman–Crippen MR) is 169 cm³/mol. The second-order valence-electron chi connectivity index (χ2n) is 13.7. The van der Waals surface area contributed by atoms with Gasteiger partial charge in [-0.2, -0.15) is 0 Å². The van der Waals surface area contributed by atoms with E-state index in [1.54, 1.807) is 6.07 Å². The molecular weight excluding hydrogens is 520 g/mol. The van der Waals surface area contributed by atoms with Crippen LogP contribution in [-0.2, 0) is 0 Å². The lowest BCUT2D eigenvalue weighted by Crippen LogP contribution is -2.65. The number of phenolic OH excluding ortho intramolecular Hbond substituents is 1. The van der Waals surface area contributed by atoms with E-state index < -0.39 is 5.60 Å². The maximum Gasteiger partial charge on any atom is 0.139 e. The van der Waals surface area contributed by atoms with Crippen molar-refractivity contribution in [2.24, 2.45) is 11.3 Å². The predicted octanol–water partition coefficient (Wildman–Crippen LogP) is 6.56. The van der Waals surface area contributed by atoms with E-state index in [-0.39, 0.29) is 17.2 Å². The average molecular weight is 565 g/mol. The van der Waals surface area contributed by atoms with E-state index >= 15 is 0 Å². The Morgan fingerprint density at radius 1 is 0.905 bits per heavy atom. The van der Waals surface area contributed by atoms with Crippen molar-refractivity contribution in [3.63, 3.8) is 0 Å². The molecule has 0 radical (unpaired) electrons. The third kappa shape index (κ3) is 4.13. The molecule has 3 aromatic rings. The summed E-state index contributed by atoms with van der Waals surface area (Å²) in [5.74, 6) is 0.581. The number of fused-ring (bicyclic) bond motifs is 5. The average Bonchev–Trinajstić information content (AvgIpc) is 3.50. The maximum atomic E-state index is 13.1. The first-order valence-corrected chi connectivity index (χ1v) is 16.4. The van der Waals surface area contributed by atoms with Gasteiger partial charge in [-0.3, -0.25) is 9.88 Å². The molecule has 0 saturated carbocycles. The highest BCUT2D eigenvalue weighted by Gasteiger charge is 2.65. The molecule has 4 aliphatic heterocycles. The monoisotopic (exact) mass is 564 g/mol. The standard InChI is InChI=1S/C36H44N4O2/c41-30-14-11-13-26-27-15-18-37-32(33(27)38-31(26)30)28-23-36(42)17-8-4-1-2-5-9-19-39-21-16-29(28)35(24-39)22-25-12-7-3-6-10-20-40(25)34(35)36/h1,4,7,11-15,18,23,25,29,34,38,41-42H,2-3,5-6,8-10,16-17,19-22,24H2/b4-1-,12-7-/t25-,29-,34+,35-,36-/m0/s1. The van der Waals surface area contributed by atoms with Crippen molar-refractivity contribution in [1.29, 1.82) is 0 Å².